The van der Waals surface area contributed by atoms with Crippen molar-refractivity contribution in [2.45, 2.75) is 18.8 Å². The Morgan fingerprint density at radius 3 is 2.89 bits per heavy atom. The van der Waals surface area contributed by atoms with Gasteiger partial charge in [-0.2, -0.15) is 5.10 Å². The molecular formula is C20H16N4O3. The average Bonchev–Trinajstić information content (AvgIpc) is 3.30. The van der Waals surface area contributed by atoms with Crippen molar-refractivity contribution in [1.29, 1.82) is 0 Å². The van der Waals surface area contributed by atoms with Gasteiger partial charge in [-0.25, -0.2) is 19.4 Å². The van der Waals surface area contributed by atoms with E-state index in [0.29, 0.717) is 23.0 Å². The van der Waals surface area contributed by atoms with Gasteiger partial charge in [0.25, 0.3) is 5.95 Å². The first kappa shape index (κ1) is 15.7. The largest absolute Gasteiger partial charge is 0.465 e. The number of nitrogens with zero attached hydrogens (tertiary/aromatic N) is 4. The molecule has 0 atom stereocenters. The van der Waals surface area contributed by atoms with E-state index in [-0.39, 0.29) is 5.92 Å². The molecule has 0 amide bonds. The van der Waals surface area contributed by atoms with Crippen molar-refractivity contribution in [2.24, 2.45) is 0 Å². The van der Waals surface area contributed by atoms with Crippen molar-refractivity contribution in [3.63, 3.8) is 0 Å². The topological polar surface area (TPSA) is 83.0 Å². The third-order valence-electron chi connectivity index (χ3n) is 4.69. The lowest BCUT2D eigenvalue weighted by Crippen LogP contribution is -2.10. The van der Waals surface area contributed by atoms with Gasteiger partial charge in [-0.3, -0.25) is 0 Å². The Balaban J connectivity index is 1.60. The minimum absolute atomic E-state index is 0.278. The van der Waals surface area contributed by atoms with Gasteiger partial charge in [0.2, 0.25) is 0 Å². The van der Waals surface area contributed by atoms with Crippen LogP contribution in [0, 0.1) is 0 Å². The van der Waals surface area contributed by atoms with Crippen molar-refractivity contribution in [1.82, 2.24) is 19.7 Å². The van der Waals surface area contributed by atoms with Gasteiger partial charge >= 0.3 is 5.97 Å². The number of fused-ring (bicyclic) bond motifs is 1. The quantitative estimate of drug-likeness (QED) is 0.516. The summed E-state index contributed by atoms with van der Waals surface area (Å²) in [6.07, 6.45) is 5.22. The van der Waals surface area contributed by atoms with E-state index < -0.39 is 5.97 Å². The van der Waals surface area contributed by atoms with E-state index in [1.165, 1.54) is 13.3 Å². The lowest BCUT2D eigenvalue weighted by molar-refractivity contribution is 0.0599. The molecule has 0 unspecified atom stereocenters. The molecule has 5 rings (SSSR count). The van der Waals surface area contributed by atoms with Crippen LogP contribution in [-0.4, -0.2) is 32.8 Å². The van der Waals surface area contributed by atoms with Crippen LogP contribution in [0.3, 0.4) is 0 Å². The maximum Gasteiger partial charge on any atom is 0.341 e. The molecule has 0 aliphatic heterocycles. The molecule has 3 aromatic heterocycles. The van der Waals surface area contributed by atoms with Crippen LogP contribution in [0.4, 0.5) is 0 Å². The summed E-state index contributed by atoms with van der Waals surface area (Å²) in [5.41, 5.74) is 2.74. The van der Waals surface area contributed by atoms with Crippen molar-refractivity contribution in [2.75, 3.05) is 7.11 Å². The van der Waals surface area contributed by atoms with E-state index >= 15 is 0 Å². The SMILES string of the molecule is COC(=O)c1cnn(-c2nccc(-c3cc4ccccc4o3)n2)c1C1CC1. The molecule has 0 bridgehead atoms. The normalized spacial score (nSPS) is 13.8. The lowest BCUT2D eigenvalue weighted by atomic mass is 10.2. The number of aromatic nitrogens is 4. The molecule has 0 spiro atoms. The molecular weight excluding hydrogens is 344 g/mol. The summed E-state index contributed by atoms with van der Waals surface area (Å²) in [5.74, 6) is 0.954. The summed E-state index contributed by atoms with van der Waals surface area (Å²) in [5, 5.41) is 5.37. The van der Waals surface area contributed by atoms with E-state index in [0.717, 1.165) is 29.5 Å². The number of esters is 1. The predicted molar refractivity (Wildman–Crippen MR) is 97.7 cm³/mol. The van der Waals surface area contributed by atoms with Crippen molar-refractivity contribution < 1.29 is 13.9 Å². The second-order valence-corrected chi connectivity index (χ2v) is 6.51. The van der Waals surface area contributed by atoms with Gasteiger partial charge in [0, 0.05) is 17.5 Å². The third-order valence-corrected chi connectivity index (χ3v) is 4.69. The highest BCUT2D eigenvalue weighted by atomic mass is 16.5. The molecule has 1 aliphatic rings. The number of carbonyl (C=O) groups is 1. The molecule has 1 aromatic carbocycles. The fourth-order valence-electron chi connectivity index (χ4n) is 3.23. The van der Waals surface area contributed by atoms with Crippen molar-refractivity contribution in [3.8, 4) is 17.4 Å². The smallest absolute Gasteiger partial charge is 0.341 e. The zero-order valence-electron chi connectivity index (χ0n) is 14.6. The minimum Gasteiger partial charge on any atom is -0.465 e. The number of methoxy groups -OCH3 is 1. The number of hydrogen-bond donors (Lipinski definition) is 0. The van der Waals surface area contributed by atoms with E-state index in [4.69, 9.17) is 9.15 Å². The molecule has 0 N–H and O–H groups in total. The van der Waals surface area contributed by atoms with Crippen LogP contribution in [0.25, 0.3) is 28.4 Å². The van der Waals surface area contributed by atoms with Crippen LogP contribution in [0.2, 0.25) is 0 Å². The Morgan fingerprint density at radius 1 is 1.26 bits per heavy atom. The maximum absolute atomic E-state index is 12.1. The molecule has 0 radical (unpaired) electrons. The average molecular weight is 360 g/mol. The number of carbonyl (C=O) groups excluding carboxylic acids is 1. The molecule has 1 saturated carbocycles. The lowest BCUT2D eigenvalue weighted by Gasteiger charge is -2.07. The molecule has 1 fully saturated rings. The summed E-state index contributed by atoms with van der Waals surface area (Å²) < 4.78 is 12.4. The Hall–Kier alpha value is -3.48. The molecule has 7 nitrogen and oxygen atoms in total. The Bertz CT molecular complexity index is 1120. The Kier molecular flexibility index (Phi) is 3.53. The first-order valence-electron chi connectivity index (χ1n) is 8.73. The first-order chi connectivity index (χ1) is 13.2. The number of furan rings is 1. The first-order valence-corrected chi connectivity index (χ1v) is 8.73. The number of benzene rings is 1. The minimum atomic E-state index is -0.392. The summed E-state index contributed by atoms with van der Waals surface area (Å²) in [6, 6.07) is 11.6. The van der Waals surface area contributed by atoms with Gasteiger partial charge < -0.3 is 9.15 Å². The second kappa shape index (κ2) is 6.05. The third kappa shape index (κ3) is 2.68. The van der Waals surface area contributed by atoms with Crippen LogP contribution >= 0.6 is 0 Å². The Morgan fingerprint density at radius 2 is 2.11 bits per heavy atom. The number of hydrogen-bond acceptors (Lipinski definition) is 6. The molecule has 134 valence electrons. The monoisotopic (exact) mass is 360 g/mol. The Labute approximate surface area is 154 Å². The van der Waals surface area contributed by atoms with E-state index in [2.05, 4.69) is 15.1 Å². The van der Waals surface area contributed by atoms with Crippen molar-refractivity contribution >= 4 is 16.9 Å². The summed E-state index contributed by atoms with van der Waals surface area (Å²) in [6.45, 7) is 0. The highest BCUT2D eigenvalue weighted by Crippen LogP contribution is 2.42. The molecule has 0 saturated heterocycles. The summed E-state index contributed by atoms with van der Waals surface area (Å²) in [7, 11) is 1.37. The van der Waals surface area contributed by atoms with Gasteiger partial charge in [0.15, 0.2) is 5.76 Å². The number of para-hydroxylation sites is 1. The number of rotatable bonds is 4. The van der Waals surface area contributed by atoms with Gasteiger partial charge in [0.05, 0.1) is 19.0 Å². The highest BCUT2D eigenvalue weighted by Gasteiger charge is 2.34. The molecule has 3 heterocycles. The zero-order chi connectivity index (χ0) is 18.4. The zero-order valence-corrected chi connectivity index (χ0v) is 14.6. The van der Waals surface area contributed by atoms with Crippen LogP contribution in [0.1, 0.15) is 34.8 Å². The van der Waals surface area contributed by atoms with Crippen LogP contribution in [0.15, 0.2) is 53.2 Å². The predicted octanol–water partition coefficient (Wildman–Crippen LogP) is 3.74. The maximum atomic E-state index is 12.1. The summed E-state index contributed by atoms with van der Waals surface area (Å²) in [4.78, 5) is 21.0. The van der Waals surface area contributed by atoms with Crippen LogP contribution in [-0.2, 0) is 4.74 Å². The summed E-state index contributed by atoms with van der Waals surface area (Å²) >= 11 is 0. The van der Waals surface area contributed by atoms with Crippen LogP contribution < -0.4 is 0 Å². The van der Waals surface area contributed by atoms with E-state index in [1.54, 1.807) is 16.9 Å². The van der Waals surface area contributed by atoms with Crippen LogP contribution in [0.5, 0.6) is 0 Å². The molecule has 4 aromatic rings. The fraction of sp³-hybridized carbons (Fsp3) is 0.200. The second-order valence-electron chi connectivity index (χ2n) is 6.51. The van der Waals surface area contributed by atoms with E-state index in [9.17, 15) is 4.79 Å². The standard InChI is InChI=1S/C20H16N4O3/c1-26-19(25)14-11-22-24(18(14)12-6-7-12)20-21-9-8-15(23-20)17-10-13-4-2-3-5-16(13)27-17/h2-5,8-12H,6-7H2,1H3. The highest BCUT2D eigenvalue weighted by molar-refractivity contribution is 5.90. The van der Waals surface area contributed by atoms with E-state index in [1.807, 2.05) is 30.3 Å². The van der Waals surface area contributed by atoms with Gasteiger partial charge in [-0.05, 0) is 31.0 Å². The number of ether oxygens (including phenoxy) is 1. The molecule has 27 heavy (non-hydrogen) atoms. The van der Waals surface area contributed by atoms with Gasteiger partial charge in [0.1, 0.15) is 16.8 Å². The van der Waals surface area contributed by atoms with Crippen molar-refractivity contribution in [3.05, 3.63) is 60.0 Å². The molecule has 7 heteroatoms. The van der Waals surface area contributed by atoms with Gasteiger partial charge in [-0.1, -0.05) is 18.2 Å². The molecule has 1 aliphatic carbocycles. The van der Waals surface area contributed by atoms with Gasteiger partial charge in [-0.15, -0.1) is 0 Å². The fourth-order valence-corrected chi connectivity index (χ4v) is 3.23.